The van der Waals surface area contributed by atoms with Gasteiger partial charge in [0, 0.05) is 0 Å². The second-order valence-electron chi connectivity index (χ2n) is 8.05. The summed E-state index contributed by atoms with van der Waals surface area (Å²) >= 11 is 0. The molecule has 7 nitrogen and oxygen atoms in total. The molecule has 0 bridgehead atoms. The molecule has 2 aromatic rings. The number of aliphatic hydroxyl groups excluding tert-OH is 1. The Morgan fingerprint density at radius 2 is 1.61 bits per heavy atom. The van der Waals surface area contributed by atoms with Crippen LogP contribution in [0.25, 0.3) is 0 Å². The highest BCUT2D eigenvalue weighted by Crippen LogP contribution is 2.41. The number of methoxy groups -OCH3 is 1. The monoisotopic (exact) mass is 457 g/mol. The molecular formula is C26H35NO6. The fourth-order valence-corrected chi connectivity index (χ4v) is 3.31. The van der Waals surface area contributed by atoms with Crippen LogP contribution in [0.3, 0.4) is 0 Å². The van der Waals surface area contributed by atoms with Crippen LogP contribution in [0.4, 0.5) is 0 Å². The van der Waals surface area contributed by atoms with Crippen molar-refractivity contribution in [1.29, 1.82) is 0 Å². The summed E-state index contributed by atoms with van der Waals surface area (Å²) in [6.07, 6.45) is 1.24. The summed E-state index contributed by atoms with van der Waals surface area (Å²) in [6, 6.07) is 11.5. The van der Waals surface area contributed by atoms with Crippen molar-refractivity contribution in [3.8, 4) is 17.2 Å². The summed E-state index contributed by atoms with van der Waals surface area (Å²) < 4.78 is 22.9. The van der Waals surface area contributed by atoms with Crippen LogP contribution >= 0.6 is 0 Å². The number of aliphatic hydroxyl groups is 1. The van der Waals surface area contributed by atoms with E-state index in [1.807, 2.05) is 58.0 Å². The van der Waals surface area contributed by atoms with Gasteiger partial charge in [-0.3, -0.25) is 5.32 Å². The van der Waals surface area contributed by atoms with E-state index >= 15 is 0 Å². The molecule has 2 rings (SSSR count). The predicted molar refractivity (Wildman–Crippen MR) is 128 cm³/mol. The van der Waals surface area contributed by atoms with E-state index in [0.717, 1.165) is 5.56 Å². The number of hydrogen-bond acceptors (Lipinski definition) is 7. The predicted octanol–water partition coefficient (Wildman–Crippen LogP) is 4.36. The van der Waals surface area contributed by atoms with Gasteiger partial charge in [-0.05, 0) is 51.0 Å². The maximum Gasteiger partial charge on any atom is 0.328 e. The lowest BCUT2D eigenvalue weighted by Gasteiger charge is -2.26. The molecule has 0 aliphatic carbocycles. The number of esters is 1. The van der Waals surface area contributed by atoms with E-state index in [-0.39, 0.29) is 25.4 Å². The van der Waals surface area contributed by atoms with Gasteiger partial charge in [-0.1, -0.05) is 43.0 Å². The van der Waals surface area contributed by atoms with Gasteiger partial charge in [-0.15, -0.1) is 0 Å². The largest absolute Gasteiger partial charge is 0.490 e. The Morgan fingerprint density at radius 1 is 1.03 bits per heavy atom. The van der Waals surface area contributed by atoms with Gasteiger partial charge in [0.1, 0.15) is 12.6 Å². The number of hydrogen-bond donors (Lipinski definition) is 2. The van der Waals surface area contributed by atoms with E-state index in [4.69, 9.17) is 18.9 Å². The molecule has 0 aliphatic rings. The first-order chi connectivity index (χ1) is 15.8. The van der Waals surface area contributed by atoms with Crippen molar-refractivity contribution in [3.63, 3.8) is 0 Å². The van der Waals surface area contributed by atoms with Crippen LogP contribution in [0, 0.1) is 0 Å². The van der Waals surface area contributed by atoms with Gasteiger partial charge in [-0.25, -0.2) is 4.79 Å². The molecule has 0 aromatic heterocycles. The minimum absolute atomic E-state index is 0.0625. The first kappa shape index (κ1) is 26.2. The van der Waals surface area contributed by atoms with Gasteiger partial charge < -0.3 is 24.1 Å². The van der Waals surface area contributed by atoms with Crippen LogP contribution < -0.4 is 19.5 Å². The van der Waals surface area contributed by atoms with Crippen LogP contribution in [0.1, 0.15) is 50.9 Å². The van der Waals surface area contributed by atoms with E-state index in [0.29, 0.717) is 22.8 Å². The van der Waals surface area contributed by atoms with E-state index in [1.165, 1.54) is 6.08 Å². The zero-order chi connectivity index (χ0) is 24.4. The molecule has 33 heavy (non-hydrogen) atoms. The van der Waals surface area contributed by atoms with Crippen LogP contribution in [0.2, 0.25) is 0 Å². The minimum atomic E-state index is -0.905. The fourth-order valence-electron chi connectivity index (χ4n) is 3.31. The topological polar surface area (TPSA) is 86.3 Å². The van der Waals surface area contributed by atoms with Crippen LogP contribution in [0.15, 0.2) is 55.1 Å². The molecule has 0 aliphatic heterocycles. The van der Waals surface area contributed by atoms with Gasteiger partial charge in [0.15, 0.2) is 11.5 Å². The molecule has 0 saturated heterocycles. The third kappa shape index (κ3) is 7.51. The highest BCUT2D eigenvalue weighted by molar-refractivity contribution is 5.78. The molecule has 2 N–H and O–H groups in total. The SMILES string of the molecule is C=CCOC(=O)[C@H](N[C@H](CO)c1ccccc1)c1cc(OC(C)C)c(OC)c(OC(C)C)c1. The summed E-state index contributed by atoms with van der Waals surface area (Å²) in [5.41, 5.74) is 1.40. The third-order valence-electron chi connectivity index (χ3n) is 4.64. The van der Waals surface area contributed by atoms with Crippen molar-refractivity contribution in [2.75, 3.05) is 20.3 Å². The number of nitrogens with one attached hydrogen (secondary N) is 1. The maximum atomic E-state index is 13.1. The van der Waals surface area contributed by atoms with Crippen LogP contribution in [-0.4, -0.2) is 43.6 Å². The van der Waals surface area contributed by atoms with Gasteiger partial charge in [0.25, 0.3) is 0 Å². The number of rotatable bonds is 13. The van der Waals surface area contributed by atoms with E-state index < -0.39 is 18.1 Å². The third-order valence-corrected chi connectivity index (χ3v) is 4.64. The Hall–Kier alpha value is -3.03. The van der Waals surface area contributed by atoms with Crippen LogP contribution in [-0.2, 0) is 9.53 Å². The first-order valence-corrected chi connectivity index (χ1v) is 11.0. The summed E-state index contributed by atoms with van der Waals surface area (Å²) in [5.74, 6) is 0.829. The summed E-state index contributed by atoms with van der Waals surface area (Å²) in [6.45, 7) is 11.1. The minimum Gasteiger partial charge on any atom is -0.490 e. The molecule has 0 fully saturated rings. The highest BCUT2D eigenvalue weighted by atomic mass is 16.5. The zero-order valence-corrected chi connectivity index (χ0v) is 20.0. The lowest BCUT2D eigenvalue weighted by Crippen LogP contribution is -2.35. The number of carbonyl (C=O) groups excluding carboxylic acids is 1. The lowest BCUT2D eigenvalue weighted by atomic mass is 10.0. The van der Waals surface area contributed by atoms with E-state index in [2.05, 4.69) is 11.9 Å². The number of ether oxygens (including phenoxy) is 4. The molecular weight excluding hydrogens is 422 g/mol. The smallest absolute Gasteiger partial charge is 0.328 e. The first-order valence-electron chi connectivity index (χ1n) is 11.0. The molecule has 0 amide bonds. The van der Waals surface area contributed by atoms with Crippen molar-refractivity contribution in [1.82, 2.24) is 5.32 Å². The molecule has 2 aromatic carbocycles. The fraction of sp³-hybridized carbons (Fsp3) is 0.423. The van der Waals surface area contributed by atoms with Gasteiger partial charge in [0.05, 0.1) is 32.0 Å². The van der Waals surface area contributed by atoms with Crippen molar-refractivity contribution in [2.45, 2.75) is 52.0 Å². The van der Waals surface area contributed by atoms with Gasteiger partial charge >= 0.3 is 5.97 Å². The Kier molecular flexibility index (Phi) is 10.2. The van der Waals surface area contributed by atoms with Crippen molar-refractivity contribution >= 4 is 5.97 Å². The Labute approximate surface area is 196 Å². The van der Waals surface area contributed by atoms with E-state index in [9.17, 15) is 9.90 Å². The molecule has 0 heterocycles. The van der Waals surface area contributed by atoms with Crippen LogP contribution in [0.5, 0.6) is 17.2 Å². The van der Waals surface area contributed by atoms with Gasteiger partial charge in [0.2, 0.25) is 5.75 Å². The maximum absolute atomic E-state index is 13.1. The highest BCUT2D eigenvalue weighted by Gasteiger charge is 2.29. The molecule has 180 valence electrons. The molecule has 0 spiro atoms. The van der Waals surface area contributed by atoms with Crippen molar-refractivity contribution in [3.05, 3.63) is 66.2 Å². The van der Waals surface area contributed by atoms with Gasteiger partial charge in [-0.2, -0.15) is 0 Å². The molecule has 0 saturated carbocycles. The van der Waals surface area contributed by atoms with E-state index in [1.54, 1.807) is 19.2 Å². The molecule has 7 heteroatoms. The quantitative estimate of drug-likeness (QED) is 0.341. The summed E-state index contributed by atoms with van der Waals surface area (Å²) in [4.78, 5) is 13.1. The number of carbonyl (C=O) groups is 1. The van der Waals surface area contributed by atoms with Crippen molar-refractivity contribution in [2.24, 2.45) is 0 Å². The Balaban J connectivity index is 2.57. The molecule has 0 radical (unpaired) electrons. The number of benzene rings is 2. The second-order valence-corrected chi connectivity index (χ2v) is 8.05. The molecule has 2 atom stereocenters. The lowest BCUT2D eigenvalue weighted by molar-refractivity contribution is -0.145. The zero-order valence-electron chi connectivity index (χ0n) is 20.0. The average molecular weight is 458 g/mol. The average Bonchev–Trinajstić information content (AvgIpc) is 2.78. The standard InChI is InChI=1S/C26H35NO6/c1-7-13-31-26(29)24(27-21(16-28)19-11-9-8-10-12-19)20-14-22(32-17(2)3)25(30-6)23(15-20)33-18(4)5/h7-12,14-15,17-18,21,24,27-28H,1,13,16H2,2-6H3/t21-,24-/m1/s1. The molecule has 0 unspecified atom stereocenters. The Morgan fingerprint density at radius 3 is 2.06 bits per heavy atom. The summed E-state index contributed by atoms with van der Waals surface area (Å²) in [5, 5.41) is 13.3. The second kappa shape index (κ2) is 12.9. The van der Waals surface area contributed by atoms with Crippen molar-refractivity contribution < 1.29 is 28.8 Å². The normalized spacial score (nSPS) is 12.8. The summed E-state index contributed by atoms with van der Waals surface area (Å²) in [7, 11) is 1.54. The Bertz CT molecular complexity index is 866.